The summed E-state index contributed by atoms with van der Waals surface area (Å²) >= 11 is 0. The molecule has 0 heterocycles. The third-order valence-corrected chi connectivity index (χ3v) is 2.78. The zero-order chi connectivity index (χ0) is 13.7. The molecule has 0 saturated carbocycles. The van der Waals surface area contributed by atoms with E-state index in [9.17, 15) is 13.2 Å². The van der Waals surface area contributed by atoms with E-state index in [-0.39, 0.29) is 25.0 Å². The fraction of sp³-hybridized carbons (Fsp3) is 0.900. The van der Waals surface area contributed by atoms with Crippen molar-refractivity contribution in [1.29, 1.82) is 0 Å². The van der Waals surface area contributed by atoms with Gasteiger partial charge in [0.2, 0.25) is 15.9 Å². The molecule has 0 aromatic rings. The molecule has 0 rings (SSSR count). The first kappa shape index (κ1) is 16.3. The minimum Gasteiger partial charge on any atom is -0.353 e. The van der Waals surface area contributed by atoms with Gasteiger partial charge in [0, 0.05) is 18.1 Å². The van der Waals surface area contributed by atoms with Gasteiger partial charge < -0.3 is 10.6 Å². The highest BCUT2D eigenvalue weighted by Gasteiger charge is 2.22. The molecule has 0 spiro atoms. The summed E-state index contributed by atoms with van der Waals surface area (Å²) in [7, 11) is -3.27. The summed E-state index contributed by atoms with van der Waals surface area (Å²) in [6.45, 7) is 7.80. The summed E-state index contributed by atoms with van der Waals surface area (Å²) in [6.07, 6.45) is 1.09. The monoisotopic (exact) mass is 265 g/mol. The molecule has 0 aromatic heterocycles. The van der Waals surface area contributed by atoms with E-state index in [1.54, 1.807) is 13.8 Å². The molecule has 0 fully saturated rings. The topological polar surface area (TPSA) is 87.3 Å². The van der Waals surface area contributed by atoms with Crippen LogP contribution in [-0.2, 0) is 14.8 Å². The third kappa shape index (κ3) is 10.2. The van der Waals surface area contributed by atoms with E-state index >= 15 is 0 Å². The maximum Gasteiger partial charge on any atom is 0.234 e. The van der Waals surface area contributed by atoms with Crippen molar-refractivity contribution in [1.82, 2.24) is 15.4 Å². The average molecular weight is 265 g/mol. The van der Waals surface area contributed by atoms with Gasteiger partial charge in [0.05, 0.1) is 12.8 Å². The maximum atomic E-state index is 11.4. The van der Waals surface area contributed by atoms with E-state index in [1.165, 1.54) is 0 Å². The number of nitrogens with one attached hydrogen (secondary N) is 3. The van der Waals surface area contributed by atoms with E-state index in [0.29, 0.717) is 0 Å². The summed E-state index contributed by atoms with van der Waals surface area (Å²) in [5.41, 5.74) is -0.693. The SMILES string of the molecule is CC(C)NCC(=O)NCC(C)(C)NS(C)(=O)=O. The zero-order valence-electron chi connectivity index (χ0n) is 11.1. The number of amides is 1. The van der Waals surface area contributed by atoms with Crippen molar-refractivity contribution < 1.29 is 13.2 Å². The van der Waals surface area contributed by atoms with Crippen molar-refractivity contribution in [2.24, 2.45) is 0 Å². The van der Waals surface area contributed by atoms with Crippen LogP contribution in [0.1, 0.15) is 27.7 Å². The number of sulfonamides is 1. The van der Waals surface area contributed by atoms with E-state index in [0.717, 1.165) is 6.26 Å². The lowest BCUT2D eigenvalue weighted by Gasteiger charge is -2.25. The molecular formula is C10H23N3O3S. The van der Waals surface area contributed by atoms with Gasteiger partial charge in [0.25, 0.3) is 0 Å². The lowest BCUT2D eigenvalue weighted by molar-refractivity contribution is -0.120. The van der Waals surface area contributed by atoms with Crippen molar-refractivity contribution in [2.45, 2.75) is 39.3 Å². The molecule has 0 bridgehead atoms. The summed E-state index contributed by atoms with van der Waals surface area (Å²) in [5, 5.41) is 5.65. The largest absolute Gasteiger partial charge is 0.353 e. The summed E-state index contributed by atoms with van der Waals surface area (Å²) in [6, 6.07) is 0.239. The standard InChI is InChI=1S/C10H23N3O3S/c1-8(2)11-6-9(14)12-7-10(3,4)13-17(5,15)16/h8,11,13H,6-7H2,1-5H3,(H,12,14). The highest BCUT2D eigenvalue weighted by Crippen LogP contribution is 2.01. The van der Waals surface area contributed by atoms with Crippen molar-refractivity contribution in [2.75, 3.05) is 19.3 Å². The van der Waals surface area contributed by atoms with Gasteiger partial charge in [-0.1, -0.05) is 13.8 Å². The van der Waals surface area contributed by atoms with Crippen LogP contribution in [0.2, 0.25) is 0 Å². The fourth-order valence-corrected chi connectivity index (χ4v) is 2.29. The van der Waals surface area contributed by atoms with Crippen molar-refractivity contribution in [3.05, 3.63) is 0 Å². The van der Waals surface area contributed by atoms with Crippen LogP contribution in [0.15, 0.2) is 0 Å². The zero-order valence-corrected chi connectivity index (χ0v) is 11.9. The minimum absolute atomic E-state index is 0.151. The van der Waals surface area contributed by atoms with Gasteiger partial charge >= 0.3 is 0 Å². The van der Waals surface area contributed by atoms with Gasteiger partial charge in [-0.05, 0) is 13.8 Å². The number of carbonyl (C=O) groups excluding carboxylic acids is 1. The molecule has 0 radical (unpaired) electrons. The van der Waals surface area contributed by atoms with Crippen LogP contribution in [0.25, 0.3) is 0 Å². The molecule has 0 unspecified atom stereocenters. The van der Waals surface area contributed by atoms with E-state index < -0.39 is 15.6 Å². The predicted octanol–water partition coefficient (Wildman–Crippen LogP) is -0.572. The lowest BCUT2D eigenvalue weighted by atomic mass is 10.1. The maximum absolute atomic E-state index is 11.4. The second-order valence-corrected chi connectivity index (χ2v) is 6.82. The molecule has 0 atom stereocenters. The molecule has 0 saturated heterocycles. The van der Waals surface area contributed by atoms with Crippen LogP contribution in [0, 0.1) is 0 Å². The van der Waals surface area contributed by atoms with Gasteiger partial charge in [-0.2, -0.15) is 0 Å². The number of hydrogen-bond donors (Lipinski definition) is 3. The van der Waals surface area contributed by atoms with Crippen LogP contribution >= 0.6 is 0 Å². The average Bonchev–Trinajstić information content (AvgIpc) is 2.07. The molecule has 7 heteroatoms. The minimum atomic E-state index is -3.27. The molecule has 0 aliphatic rings. The highest BCUT2D eigenvalue weighted by molar-refractivity contribution is 7.88. The Labute approximate surface area is 104 Å². The molecule has 17 heavy (non-hydrogen) atoms. The molecule has 0 aliphatic heterocycles. The molecule has 0 aliphatic carbocycles. The van der Waals surface area contributed by atoms with Gasteiger partial charge in [0.15, 0.2) is 0 Å². The van der Waals surface area contributed by atoms with Gasteiger partial charge in [-0.15, -0.1) is 0 Å². The van der Waals surface area contributed by atoms with E-state index in [4.69, 9.17) is 0 Å². The Morgan fingerprint density at radius 2 is 1.82 bits per heavy atom. The Bertz CT molecular complexity index is 350. The van der Waals surface area contributed by atoms with Crippen molar-refractivity contribution in [3.8, 4) is 0 Å². The smallest absolute Gasteiger partial charge is 0.234 e. The first-order valence-electron chi connectivity index (χ1n) is 5.51. The van der Waals surface area contributed by atoms with Gasteiger partial charge in [-0.25, -0.2) is 13.1 Å². The Kier molecular flexibility index (Phi) is 6.08. The Morgan fingerprint density at radius 1 is 1.29 bits per heavy atom. The van der Waals surface area contributed by atoms with Crippen molar-refractivity contribution in [3.63, 3.8) is 0 Å². The van der Waals surface area contributed by atoms with Crippen LogP contribution in [0.4, 0.5) is 0 Å². The Balaban J connectivity index is 4.05. The summed E-state index contributed by atoms with van der Waals surface area (Å²) in [5.74, 6) is -0.151. The molecule has 0 aromatic carbocycles. The van der Waals surface area contributed by atoms with E-state index in [2.05, 4.69) is 15.4 Å². The number of carbonyl (C=O) groups is 1. The Morgan fingerprint density at radius 3 is 2.24 bits per heavy atom. The van der Waals surface area contributed by atoms with Crippen LogP contribution < -0.4 is 15.4 Å². The fourth-order valence-electron chi connectivity index (χ4n) is 1.22. The first-order valence-corrected chi connectivity index (χ1v) is 7.40. The van der Waals surface area contributed by atoms with Crippen molar-refractivity contribution >= 4 is 15.9 Å². The highest BCUT2D eigenvalue weighted by atomic mass is 32.2. The lowest BCUT2D eigenvalue weighted by Crippen LogP contribution is -2.52. The summed E-state index contributed by atoms with van der Waals surface area (Å²) < 4.78 is 24.6. The molecule has 102 valence electrons. The Hall–Kier alpha value is -0.660. The van der Waals surface area contributed by atoms with Gasteiger partial charge in [-0.3, -0.25) is 4.79 Å². The summed E-state index contributed by atoms with van der Waals surface area (Å²) in [4.78, 5) is 11.4. The first-order chi connectivity index (χ1) is 7.52. The molecule has 1 amide bonds. The second-order valence-electron chi connectivity index (χ2n) is 5.07. The third-order valence-electron chi connectivity index (χ3n) is 1.86. The second kappa shape index (κ2) is 6.32. The predicted molar refractivity (Wildman–Crippen MR) is 68.2 cm³/mol. The van der Waals surface area contributed by atoms with E-state index in [1.807, 2.05) is 13.8 Å². The van der Waals surface area contributed by atoms with Crippen LogP contribution in [0.5, 0.6) is 0 Å². The van der Waals surface area contributed by atoms with Crippen LogP contribution in [0.3, 0.4) is 0 Å². The number of rotatable bonds is 7. The molecular weight excluding hydrogens is 242 g/mol. The quantitative estimate of drug-likeness (QED) is 0.575. The normalized spacial score (nSPS) is 12.8. The molecule has 3 N–H and O–H groups in total. The van der Waals surface area contributed by atoms with Crippen LogP contribution in [-0.4, -0.2) is 45.3 Å². The number of hydrogen-bond acceptors (Lipinski definition) is 4. The molecule has 6 nitrogen and oxygen atoms in total. The van der Waals surface area contributed by atoms with Gasteiger partial charge in [0.1, 0.15) is 0 Å².